The van der Waals surface area contributed by atoms with Crippen molar-refractivity contribution in [1.82, 2.24) is 14.8 Å². The van der Waals surface area contributed by atoms with E-state index in [1.165, 1.54) is 12.8 Å². The van der Waals surface area contributed by atoms with E-state index < -0.39 is 6.04 Å². The largest absolute Gasteiger partial charge is 0.493 e. The molecule has 1 aromatic carbocycles. The van der Waals surface area contributed by atoms with E-state index in [4.69, 9.17) is 19.3 Å². The first kappa shape index (κ1) is 26.9. The summed E-state index contributed by atoms with van der Waals surface area (Å²) in [6.45, 7) is 8.96. The summed E-state index contributed by atoms with van der Waals surface area (Å²) in [6.07, 6.45) is 6.74. The maximum Gasteiger partial charge on any atom is 0.338 e. The predicted octanol–water partition coefficient (Wildman–Crippen LogP) is 5.99. The van der Waals surface area contributed by atoms with E-state index in [0.717, 1.165) is 37.0 Å². The third-order valence-corrected chi connectivity index (χ3v) is 6.74. The zero-order chi connectivity index (χ0) is 25.2. The molecule has 1 unspecified atom stereocenters. The molecule has 8 nitrogen and oxygen atoms in total. The number of esters is 1. The summed E-state index contributed by atoms with van der Waals surface area (Å²) in [5.41, 5.74) is 2.05. The molecule has 2 heterocycles. The molecule has 0 spiro atoms. The van der Waals surface area contributed by atoms with Crippen LogP contribution in [-0.4, -0.2) is 46.8 Å². The normalized spacial score (nSPS) is 14.9. The van der Waals surface area contributed by atoms with Gasteiger partial charge in [-0.15, -0.1) is 5.10 Å². The summed E-state index contributed by atoms with van der Waals surface area (Å²) >= 11 is 1.62. The fraction of sp³-hybridized carbons (Fsp3) is 0.577. The van der Waals surface area contributed by atoms with Crippen molar-refractivity contribution in [2.45, 2.75) is 77.4 Å². The van der Waals surface area contributed by atoms with Crippen LogP contribution in [0.15, 0.2) is 34.6 Å². The number of benzene rings is 1. The van der Waals surface area contributed by atoms with Gasteiger partial charge in [0.25, 0.3) is 0 Å². The van der Waals surface area contributed by atoms with Gasteiger partial charge in [-0.2, -0.15) is 4.98 Å². The number of aromatic nitrogens is 3. The first-order chi connectivity index (χ1) is 17.0. The van der Waals surface area contributed by atoms with Gasteiger partial charge in [0.05, 0.1) is 25.9 Å². The molecule has 0 fully saturated rings. The number of nitrogens with one attached hydrogen (secondary N) is 1. The Morgan fingerprint density at radius 2 is 1.91 bits per heavy atom. The minimum atomic E-state index is -0.495. The summed E-state index contributed by atoms with van der Waals surface area (Å²) in [4.78, 5) is 17.7. The predicted molar refractivity (Wildman–Crippen MR) is 139 cm³/mol. The fourth-order valence-corrected chi connectivity index (χ4v) is 4.88. The zero-order valence-corrected chi connectivity index (χ0v) is 22.4. The number of rotatable bonds is 14. The molecule has 1 aliphatic heterocycles. The van der Waals surface area contributed by atoms with E-state index in [0.29, 0.717) is 47.1 Å². The van der Waals surface area contributed by atoms with E-state index >= 15 is 0 Å². The average molecular weight is 503 g/mol. The zero-order valence-electron chi connectivity index (χ0n) is 21.6. The van der Waals surface area contributed by atoms with Crippen LogP contribution in [0.2, 0.25) is 0 Å². The van der Waals surface area contributed by atoms with Crippen LogP contribution in [0.25, 0.3) is 0 Å². The number of carbonyl (C=O) groups excluding carboxylic acids is 1. The number of thioether (sulfide) groups is 1. The van der Waals surface area contributed by atoms with Gasteiger partial charge in [-0.25, -0.2) is 9.48 Å². The van der Waals surface area contributed by atoms with Crippen molar-refractivity contribution in [3.8, 4) is 11.5 Å². The minimum Gasteiger partial charge on any atom is -0.493 e. The summed E-state index contributed by atoms with van der Waals surface area (Å²) in [5.74, 6) is 2.49. The molecule has 1 aromatic heterocycles. The lowest BCUT2D eigenvalue weighted by atomic mass is 9.95. The molecule has 0 saturated heterocycles. The Kier molecular flexibility index (Phi) is 10.3. The molecule has 192 valence electrons. The van der Waals surface area contributed by atoms with Crippen molar-refractivity contribution in [2.75, 3.05) is 31.4 Å². The monoisotopic (exact) mass is 502 g/mol. The number of anilines is 1. The molecule has 0 saturated carbocycles. The van der Waals surface area contributed by atoms with E-state index in [2.05, 4.69) is 24.1 Å². The van der Waals surface area contributed by atoms with Gasteiger partial charge in [0, 0.05) is 11.4 Å². The molecule has 0 bridgehead atoms. The number of hydrogen-bond acceptors (Lipinski definition) is 8. The molecule has 0 aliphatic carbocycles. The van der Waals surface area contributed by atoms with Crippen molar-refractivity contribution >= 4 is 23.7 Å². The molecule has 3 rings (SSSR count). The van der Waals surface area contributed by atoms with E-state index in [9.17, 15) is 4.79 Å². The van der Waals surface area contributed by atoms with Crippen LogP contribution < -0.4 is 14.8 Å². The number of allylic oxidation sites excluding steroid dienone is 1. The van der Waals surface area contributed by atoms with Gasteiger partial charge >= 0.3 is 5.97 Å². The Hall–Kier alpha value is -2.68. The Balaban J connectivity index is 1.95. The molecule has 2 aromatic rings. The van der Waals surface area contributed by atoms with Gasteiger partial charge in [-0.05, 0) is 44.4 Å². The lowest BCUT2D eigenvalue weighted by Crippen LogP contribution is -2.29. The highest BCUT2D eigenvalue weighted by Crippen LogP contribution is 2.40. The molecule has 0 radical (unpaired) electrons. The van der Waals surface area contributed by atoms with Crippen LogP contribution >= 0.6 is 11.8 Å². The molecule has 9 heteroatoms. The summed E-state index contributed by atoms with van der Waals surface area (Å²) in [5, 5.41) is 8.68. The van der Waals surface area contributed by atoms with Crippen LogP contribution in [0.4, 0.5) is 5.95 Å². The quantitative estimate of drug-likeness (QED) is 0.191. The lowest BCUT2D eigenvalue weighted by molar-refractivity contribution is -0.139. The molecular formula is C26H38N4O4S. The van der Waals surface area contributed by atoms with Crippen molar-refractivity contribution in [3.63, 3.8) is 0 Å². The smallest absolute Gasteiger partial charge is 0.338 e. The Morgan fingerprint density at radius 3 is 2.63 bits per heavy atom. The number of unbranched alkanes of at least 4 members (excludes halogenated alkanes) is 4. The standard InChI is InChI=1S/C26H38N4O4S/c1-6-9-11-12-15-34-20-14-13-19(17-21(20)32-5)23-22(24(31)33-8-3)18(4)27-25-28-26(29-30(23)25)35-16-10-7-2/h13-14,17,23H,6-12,15-16H2,1-5H3,(H,27,28,29). The highest BCUT2D eigenvalue weighted by Gasteiger charge is 2.35. The van der Waals surface area contributed by atoms with Gasteiger partial charge in [0.2, 0.25) is 11.1 Å². The van der Waals surface area contributed by atoms with Gasteiger partial charge in [-0.1, -0.05) is 57.4 Å². The number of nitrogens with zero attached hydrogens (tertiary/aromatic N) is 3. The van der Waals surface area contributed by atoms with Gasteiger partial charge in [0.1, 0.15) is 6.04 Å². The van der Waals surface area contributed by atoms with Gasteiger partial charge < -0.3 is 19.5 Å². The maximum atomic E-state index is 13.0. The summed E-state index contributed by atoms with van der Waals surface area (Å²) < 4.78 is 18.8. The van der Waals surface area contributed by atoms with Gasteiger partial charge in [-0.3, -0.25) is 0 Å². The van der Waals surface area contributed by atoms with Crippen LogP contribution in [0.3, 0.4) is 0 Å². The van der Waals surface area contributed by atoms with Crippen molar-refractivity contribution in [3.05, 3.63) is 35.0 Å². The first-order valence-corrected chi connectivity index (χ1v) is 13.6. The lowest BCUT2D eigenvalue weighted by Gasteiger charge is -2.28. The fourth-order valence-electron chi connectivity index (χ4n) is 3.97. The van der Waals surface area contributed by atoms with Crippen LogP contribution in [0, 0.1) is 0 Å². The highest BCUT2D eigenvalue weighted by molar-refractivity contribution is 7.99. The van der Waals surface area contributed by atoms with Gasteiger partial charge in [0.15, 0.2) is 11.5 Å². The van der Waals surface area contributed by atoms with E-state index in [-0.39, 0.29) is 5.97 Å². The summed E-state index contributed by atoms with van der Waals surface area (Å²) in [6, 6.07) is 5.29. The second-order valence-corrected chi connectivity index (χ2v) is 9.53. The number of methoxy groups -OCH3 is 1. The summed E-state index contributed by atoms with van der Waals surface area (Å²) in [7, 11) is 1.63. The Morgan fingerprint density at radius 1 is 1.11 bits per heavy atom. The van der Waals surface area contributed by atoms with Crippen LogP contribution in [0.5, 0.6) is 11.5 Å². The van der Waals surface area contributed by atoms with E-state index in [1.54, 1.807) is 30.5 Å². The number of fused-ring (bicyclic) bond motifs is 1. The molecule has 1 aliphatic rings. The Labute approximate surface area is 212 Å². The van der Waals surface area contributed by atoms with Crippen LogP contribution in [0.1, 0.15) is 77.8 Å². The topological polar surface area (TPSA) is 87.5 Å². The molecule has 35 heavy (non-hydrogen) atoms. The third-order valence-electron chi connectivity index (χ3n) is 5.82. The first-order valence-electron chi connectivity index (χ1n) is 12.6. The van der Waals surface area contributed by atoms with Crippen molar-refractivity contribution in [2.24, 2.45) is 0 Å². The number of carbonyl (C=O) groups is 1. The van der Waals surface area contributed by atoms with Crippen molar-refractivity contribution in [1.29, 1.82) is 0 Å². The minimum absolute atomic E-state index is 0.290. The number of hydrogen-bond donors (Lipinski definition) is 1. The number of ether oxygens (including phenoxy) is 3. The molecule has 1 atom stereocenters. The molecule has 1 N–H and O–H groups in total. The second-order valence-electron chi connectivity index (χ2n) is 8.47. The second kappa shape index (κ2) is 13.4. The highest BCUT2D eigenvalue weighted by atomic mass is 32.2. The SMILES string of the molecule is CCCCCCOc1ccc(C2C(C(=O)OCC)=C(C)Nc3nc(SCCCC)nn32)cc1OC. The van der Waals surface area contributed by atoms with Crippen molar-refractivity contribution < 1.29 is 19.0 Å². The molecule has 0 amide bonds. The molecular weight excluding hydrogens is 464 g/mol. The van der Waals surface area contributed by atoms with Crippen LogP contribution in [-0.2, 0) is 9.53 Å². The maximum absolute atomic E-state index is 13.0. The van der Waals surface area contributed by atoms with E-state index in [1.807, 2.05) is 25.1 Å². The Bertz CT molecular complexity index is 1020. The average Bonchev–Trinajstić information content (AvgIpc) is 3.25. The third kappa shape index (κ3) is 6.72.